The summed E-state index contributed by atoms with van der Waals surface area (Å²) in [6.07, 6.45) is 3.68. The Morgan fingerprint density at radius 3 is 2.68 bits per heavy atom. The maximum atomic E-state index is 13.4. The number of fused-ring (bicyclic) bond motifs is 1. The Balaban J connectivity index is 1.80. The van der Waals surface area contributed by atoms with Crippen molar-refractivity contribution in [2.75, 3.05) is 32.2 Å². The fourth-order valence-electron chi connectivity index (χ4n) is 3.51. The quantitative estimate of drug-likeness (QED) is 0.617. The number of ether oxygens (including phenoxy) is 3. The highest BCUT2D eigenvalue weighted by Crippen LogP contribution is 2.35. The van der Waals surface area contributed by atoms with Gasteiger partial charge < -0.3 is 24.4 Å². The predicted octanol–water partition coefficient (Wildman–Crippen LogP) is 3.81. The fraction of sp³-hybridized carbons (Fsp3) is 0.417. The summed E-state index contributed by atoms with van der Waals surface area (Å²) in [4.78, 5) is 27.1. The SMILES string of the molecule is CCCCCCOc1ccc(C(=O)N2C[C@@H](C(=O)NC)Oc3ccccc32)cc1OC. The molecule has 2 amide bonds. The molecular formula is C24H30N2O5. The van der Waals surface area contributed by atoms with Crippen molar-refractivity contribution in [1.82, 2.24) is 5.32 Å². The average Bonchev–Trinajstić information content (AvgIpc) is 2.82. The molecule has 3 rings (SSSR count). The number of amides is 2. The number of nitrogens with zero attached hydrogens (tertiary/aromatic N) is 1. The van der Waals surface area contributed by atoms with Crippen molar-refractivity contribution in [3.05, 3.63) is 48.0 Å². The van der Waals surface area contributed by atoms with Crippen LogP contribution in [0.1, 0.15) is 43.0 Å². The second-order valence-electron chi connectivity index (χ2n) is 7.38. The van der Waals surface area contributed by atoms with E-state index in [1.165, 1.54) is 12.8 Å². The Labute approximate surface area is 183 Å². The first-order valence-electron chi connectivity index (χ1n) is 10.7. The van der Waals surface area contributed by atoms with Gasteiger partial charge in [0.1, 0.15) is 5.75 Å². The zero-order valence-electron chi connectivity index (χ0n) is 18.3. The van der Waals surface area contributed by atoms with Gasteiger partial charge in [-0.05, 0) is 36.8 Å². The van der Waals surface area contributed by atoms with Gasteiger partial charge >= 0.3 is 0 Å². The molecule has 2 aromatic rings. The van der Waals surface area contributed by atoms with Crippen molar-refractivity contribution in [1.29, 1.82) is 0 Å². The van der Waals surface area contributed by atoms with E-state index in [1.807, 2.05) is 12.1 Å². The van der Waals surface area contributed by atoms with Gasteiger partial charge in [0.05, 0.1) is 25.9 Å². The van der Waals surface area contributed by atoms with Crippen molar-refractivity contribution >= 4 is 17.5 Å². The van der Waals surface area contributed by atoms with Crippen LogP contribution in [-0.2, 0) is 4.79 Å². The molecule has 1 aliphatic rings. The van der Waals surface area contributed by atoms with Gasteiger partial charge in [-0.3, -0.25) is 9.59 Å². The van der Waals surface area contributed by atoms with Crippen LogP contribution in [0, 0.1) is 0 Å². The van der Waals surface area contributed by atoms with E-state index in [9.17, 15) is 9.59 Å². The minimum Gasteiger partial charge on any atom is -0.493 e. The molecule has 166 valence electrons. The normalized spacial score (nSPS) is 14.9. The van der Waals surface area contributed by atoms with Crippen molar-refractivity contribution in [2.24, 2.45) is 0 Å². The van der Waals surface area contributed by atoms with Crippen LogP contribution in [0.2, 0.25) is 0 Å². The second kappa shape index (κ2) is 10.7. The summed E-state index contributed by atoms with van der Waals surface area (Å²) >= 11 is 0. The van der Waals surface area contributed by atoms with E-state index in [0.717, 1.165) is 12.8 Å². The molecule has 1 atom stereocenters. The number of carbonyl (C=O) groups excluding carboxylic acids is 2. The van der Waals surface area contributed by atoms with Crippen molar-refractivity contribution in [3.63, 3.8) is 0 Å². The largest absolute Gasteiger partial charge is 0.493 e. The molecule has 7 heteroatoms. The molecule has 1 aliphatic heterocycles. The summed E-state index contributed by atoms with van der Waals surface area (Å²) in [5.74, 6) is 1.09. The standard InChI is InChI=1S/C24H30N2O5/c1-4-5-6-9-14-30-20-13-12-17(15-21(20)29-3)24(28)26-16-22(23(27)25-2)31-19-11-8-7-10-18(19)26/h7-8,10-13,15,22H,4-6,9,14,16H2,1-3H3,(H,25,27)/t22-/m0/s1. The van der Waals surface area contributed by atoms with Crippen LogP contribution in [0.15, 0.2) is 42.5 Å². The monoisotopic (exact) mass is 426 g/mol. The molecule has 0 aromatic heterocycles. The number of para-hydroxylation sites is 2. The minimum absolute atomic E-state index is 0.119. The Hall–Kier alpha value is -3.22. The molecule has 7 nitrogen and oxygen atoms in total. The second-order valence-corrected chi connectivity index (χ2v) is 7.38. The summed E-state index contributed by atoms with van der Waals surface area (Å²) in [6, 6.07) is 12.4. The molecule has 0 fully saturated rings. The third-order valence-corrected chi connectivity index (χ3v) is 5.22. The van der Waals surface area contributed by atoms with Crippen LogP contribution in [0.5, 0.6) is 17.2 Å². The summed E-state index contributed by atoms with van der Waals surface area (Å²) in [6.45, 7) is 2.89. The summed E-state index contributed by atoms with van der Waals surface area (Å²) in [5, 5.41) is 2.58. The van der Waals surface area contributed by atoms with Gasteiger partial charge in [0.2, 0.25) is 0 Å². The molecule has 31 heavy (non-hydrogen) atoms. The van der Waals surface area contributed by atoms with Crippen molar-refractivity contribution < 1.29 is 23.8 Å². The van der Waals surface area contributed by atoms with E-state index in [2.05, 4.69) is 12.2 Å². The number of benzene rings is 2. The lowest BCUT2D eigenvalue weighted by Gasteiger charge is -2.34. The van der Waals surface area contributed by atoms with Crippen LogP contribution >= 0.6 is 0 Å². The third kappa shape index (κ3) is 5.29. The molecule has 0 unspecified atom stereocenters. The van der Waals surface area contributed by atoms with Crippen LogP contribution in [0.3, 0.4) is 0 Å². The topological polar surface area (TPSA) is 77.1 Å². The Bertz CT molecular complexity index is 915. The molecule has 0 saturated heterocycles. The molecule has 0 spiro atoms. The summed E-state index contributed by atoms with van der Waals surface area (Å²) < 4.78 is 17.1. The fourth-order valence-corrected chi connectivity index (χ4v) is 3.51. The van der Waals surface area contributed by atoms with E-state index in [-0.39, 0.29) is 18.4 Å². The first-order valence-corrected chi connectivity index (χ1v) is 10.7. The van der Waals surface area contributed by atoms with Gasteiger partial charge in [-0.15, -0.1) is 0 Å². The molecule has 1 heterocycles. The molecule has 0 aliphatic carbocycles. The van der Waals surface area contributed by atoms with E-state index in [0.29, 0.717) is 35.1 Å². The Morgan fingerprint density at radius 1 is 1.13 bits per heavy atom. The maximum Gasteiger partial charge on any atom is 0.262 e. The molecular weight excluding hydrogens is 396 g/mol. The number of likely N-dealkylation sites (N-methyl/N-ethyl adjacent to an activating group) is 1. The van der Waals surface area contributed by atoms with Crippen LogP contribution < -0.4 is 24.4 Å². The lowest BCUT2D eigenvalue weighted by Crippen LogP contribution is -2.50. The number of methoxy groups -OCH3 is 1. The van der Waals surface area contributed by atoms with E-state index >= 15 is 0 Å². The first kappa shape index (κ1) is 22.5. The van der Waals surface area contributed by atoms with Crippen molar-refractivity contribution in [3.8, 4) is 17.2 Å². The maximum absolute atomic E-state index is 13.4. The Kier molecular flexibility index (Phi) is 7.76. The first-order chi connectivity index (χ1) is 15.1. The molecule has 0 saturated carbocycles. The predicted molar refractivity (Wildman–Crippen MR) is 119 cm³/mol. The zero-order valence-corrected chi connectivity index (χ0v) is 18.3. The third-order valence-electron chi connectivity index (χ3n) is 5.22. The van der Waals surface area contributed by atoms with Crippen LogP contribution in [0.4, 0.5) is 5.69 Å². The highest BCUT2D eigenvalue weighted by atomic mass is 16.5. The van der Waals surface area contributed by atoms with Gasteiger partial charge in [0.25, 0.3) is 11.8 Å². The number of rotatable bonds is 9. The van der Waals surface area contributed by atoms with Gasteiger partial charge in [0.15, 0.2) is 17.6 Å². The molecule has 0 radical (unpaired) electrons. The minimum atomic E-state index is -0.781. The average molecular weight is 427 g/mol. The highest BCUT2D eigenvalue weighted by Gasteiger charge is 2.34. The highest BCUT2D eigenvalue weighted by molar-refractivity contribution is 6.08. The van der Waals surface area contributed by atoms with Gasteiger partial charge in [-0.25, -0.2) is 0 Å². The van der Waals surface area contributed by atoms with E-state index < -0.39 is 6.10 Å². The summed E-state index contributed by atoms with van der Waals surface area (Å²) in [7, 11) is 3.10. The number of carbonyl (C=O) groups is 2. The number of hydrogen-bond acceptors (Lipinski definition) is 5. The molecule has 2 aromatic carbocycles. The van der Waals surface area contributed by atoms with Gasteiger partial charge in [-0.2, -0.15) is 0 Å². The van der Waals surface area contributed by atoms with E-state index in [1.54, 1.807) is 49.4 Å². The smallest absolute Gasteiger partial charge is 0.262 e. The van der Waals surface area contributed by atoms with Gasteiger partial charge in [0, 0.05) is 12.6 Å². The lowest BCUT2D eigenvalue weighted by atomic mass is 10.1. The molecule has 1 N–H and O–H groups in total. The number of hydrogen-bond donors (Lipinski definition) is 1. The van der Waals surface area contributed by atoms with Gasteiger partial charge in [-0.1, -0.05) is 38.3 Å². The van der Waals surface area contributed by atoms with Crippen LogP contribution in [0.25, 0.3) is 0 Å². The van der Waals surface area contributed by atoms with Crippen LogP contribution in [-0.4, -0.2) is 45.2 Å². The van der Waals surface area contributed by atoms with Crippen molar-refractivity contribution in [2.45, 2.75) is 38.7 Å². The molecule has 0 bridgehead atoms. The lowest BCUT2D eigenvalue weighted by molar-refractivity contribution is -0.127. The van der Waals surface area contributed by atoms with E-state index in [4.69, 9.17) is 14.2 Å². The zero-order chi connectivity index (χ0) is 22.2. The Morgan fingerprint density at radius 2 is 1.94 bits per heavy atom. The number of nitrogens with one attached hydrogen (secondary N) is 1. The summed E-state index contributed by atoms with van der Waals surface area (Å²) in [5.41, 5.74) is 1.07. The number of anilines is 1. The number of unbranched alkanes of at least 4 members (excludes halogenated alkanes) is 3.